The van der Waals surface area contributed by atoms with Crippen molar-refractivity contribution in [2.24, 2.45) is 0 Å². The topological polar surface area (TPSA) is 98.3 Å². The van der Waals surface area contributed by atoms with E-state index in [2.05, 4.69) is 25.8 Å². The van der Waals surface area contributed by atoms with Crippen molar-refractivity contribution in [3.8, 4) is 16.3 Å². The quantitative estimate of drug-likeness (QED) is 0.462. The molecule has 3 aromatic rings. The summed E-state index contributed by atoms with van der Waals surface area (Å²) in [6.45, 7) is 6.04. The van der Waals surface area contributed by atoms with E-state index >= 15 is 0 Å². The highest BCUT2D eigenvalue weighted by Gasteiger charge is 2.33. The number of carbonyl (C=O) groups excluding carboxylic acids is 1. The molecular weight excluding hydrogens is 495 g/mol. The van der Waals surface area contributed by atoms with Gasteiger partial charge in [0.05, 0.1) is 18.3 Å². The van der Waals surface area contributed by atoms with Gasteiger partial charge < -0.3 is 20.1 Å². The second kappa shape index (κ2) is 11.3. The van der Waals surface area contributed by atoms with Gasteiger partial charge in [-0.3, -0.25) is 4.79 Å². The molecule has 1 amide bonds. The second-order valence-electron chi connectivity index (χ2n) is 8.28. The van der Waals surface area contributed by atoms with Gasteiger partial charge in [-0.25, -0.2) is 4.98 Å². The zero-order valence-corrected chi connectivity index (χ0v) is 20.6. The average Bonchev–Trinajstić information content (AvgIpc) is 3.37. The van der Waals surface area contributed by atoms with Crippen LogP contribution in [-0.4, -0.2) is 53.5 Å². The van der Waals surface area contributed by atoms with Gasteiger partial charge in [-0.05, 0) is 43.7 Å². The Morgan fingerprint density at radius 2 is 2.14 bits per heavy atom. The molecule has 0 spiro atoms. The number of benzene rings is 1. The first-order chi connectivity index (χ1) is 17.2. The van der Waals surface area contributed by atoms with Gasteiger partial charge >= 0.3 is 6.18 Å². The van der Waals surface area contributed by atoms with Crippen molar-refractivity contribution < 1.29 is 27.4 Å². The number of aromatic nitrogens is 3. The van der Waals surface area contributed by atoms with Gasteiger partial charge in [0, 0.05) is 35.3 Å². The highest BCUT2D eigenvalue weighted by Crippen LogP contribution is 2.31. The van der Waals surface area contributed by atoms with Crippen molar-refractivity contribution in [3.63, 3.8) is 0 Å². The second-order valence-corrected chi connectivity index (χ2v) is 9.39. The van der Waals surface area contributed by atoms with Crippen LogP contribution in [0.3, 0.4) is 0 Å². The third kappa shape index (κ3) is 6.56. The van der Waals surface area contributed by atoms with Crippen molar-refractivity contribution in [1.82, 2.24) is 25.8 Å². The van der Waals surface area contributed by atoms with Gasteiger partial charge in [-0.1, -0.05) is 6.92 Å². The molecule has 192 valence electrons. The first kappa shape index (κ1) is 26.0. The molecule has 36 heavy (non-hydrogen) atoms. The minimum atomic E-state index is -4.58. The fourth-order valence-corrected chi connectivity index (χ4v) is 4.38. The maximum Gasteiger partial charge on any atom is 0.435 e. The molecule has 1 aliphatic heterocycles. The number of morpholine rings is 1. The molecule has 2 N–H and O–H groups in total. The van der Waals surface area contributed by atoms with Crippen molar-refractivity contribution in [2.75, 3.05) is 26.3 Å². The molecule has 2 atom stereocenters. The summed E-state index contributed by atoms with van der Waals surface area (Å²) in [5.74, 6) is 0.0563. The summed E-state index contributed by atoms with van der Waals surface area (Å²) in [5, 5.41) is 13.6. The number of nitrogens with zero attached hydrogens (tertiary/aromatic N) is 3. The standard InChI is InChI=1S/C24H26F3N5O3S/c1-3-19-12-29-23(36-19)16-8-15(9-17(10-16)35-13-18-11-28-6-7-34-18)22(33)30-14(2)20-4-5-21(32-31-20)24(25,26)27/h4-5,8-10,12,14,18,28H,3,6-7,11,13H2,1-2H3,(H,30,33)/t14?,18-/m0/s1. The van der Waals surface area contributed by atoms with E-state index in [0.717, 1.165) is 34.5 Å². The third-order valence-electron chi connectivity index (χ3n) is 5.52. The zero-order valence-electron chi connectivity index (χ0n) is 19.8. The summed E-state index contributed by atoms with van der Waals surface area (Å²) in [6.07, 6.45) is -2.04. The van der Waals surface area contributed by atoms with E-state index in [4.69, 9.17) is 9.47 Å². The molecule has 4 rings (SSSR count). The predicted molar refractivity (Wildman–Crippen MR) is 128 cm³/mol. The lowest BCUT2D eigenvalue weighted by Gasteiger charge is -2.23. The molecule has 1 unspecified atom stereocenters. The van der Waals surface area contributed by atoms with E-state index in [1.54, 1.807) is 25.3 Å². The van der Waals surface area contributed by atoms with Crippen molar-refractivity contribution >= 4 is 17.2 Å². The lowest BCUT2D eigenvalue weighted by molar-refractivity contribution is -0.141. The molecule has 1 saturated heterocycles. The first-order valence-corrected chi connectivity index (χ1v) is 12.3. The fourth-order valence-electron chi connectivity index (χ4n) is 3.54. The van der Waals surface area contributed by atoms with Gasteiger partial charge in [0.25, 0.3) is 5.91 Å². The van der Waals surface area contributed by atoms with E-state index in [1.165, 1.54) is 17.4 Å². The fraction of sp³-hybridized carbons (Fsp3) is 0.417. The van der Waals surface area contributed by atoms with Gasteiger partial charge in [-0.2, -0.15) is 18.3 Å². The average molecular weight is 522 g/mol. The normalized spacial score (nSPS) is 17.0. The molecule has 1 fully saturated rings. The monoisotopic (exact) mass is 521 g/mol. The Morgan fingerprint density at radius 1 is 1.31 bits per heavy atom. The SMILES string of the molecule is CCc1cnc(-c2cc(OC[C@@H]3CNCCO3)cc(C(=O)NC(C)c3ccc(C(F)(F)F)nn3)c2)s1. The van der Waals surface area contributed by atoms with Crippen LogP contribution in [0.5, 0.6) is 5.75 Å². The van der Waals surface area contributed by atoms with Gasteiger partial charge in [-0.15, -0.1) is 16.4 Å². The summed E-state index contributed by atoms with van der Waals surface area (Å²) in [5.41, 5.74) is 0.168. The maximum absolute atomic E-state index is 13.1. The molecule has 0 saturated carbocycles. The molecule has 2 aromatic heterocycles. The van der Waals surface area contributed by atoms with Gasteiger partial charge in [0.2, 0.25) is 0 Å². The molecular formula is C24H26F3N5O3S. The van der Waals surface area contributed by atoms with E-state index in [-0.39, 0.29) is 11.8 Å². The molecule has 1 aromatic carbocycles. The van der Waals surface area contributed by atoms with E-state index in [1.807, 2.05) is 13.0 Å². The number of hydrogen-bond acceptors (Lipinski definition) is 8. The number of amides is 1. The smallest absolute Gasteiger partial charge is 0.435 e. The number of alkyl halides is 3. The predicted octanol–water partition coefficient (Wildman–Crippen LogP) is 4.04. The van der Waals surface area contributed by atoms with Crippen LogP contribution in [-0.2, 0) is 17.3 Å². The Hall–Kier alpha value is -3.09. The Morgan fingerprint density at radius 3 is 2.78 bits per heavy atom. The molecule has 0 aliphatic carbocycles. The summed E-state index contributed by atoms with van der Waals surface area (Å²) in [4.78, 5) is 18.7. The molecule has 12 heteroatoms. The number of thiazole rings is 1. The molecule has 3 heterocycles. The van der Waals surface area contributed by atoms with Crippen LogP contribution in [0.1, 0.15) is 46.5 Å². The van der Waals surface area contributed by atoms with E-state index in [9.17, 15) is 18.0 Å². The summed E-state index contributed by atoms with van der Waals surface area (Å²) >= 11 is 1.53. The van der Waals surface area contributed by atoms with Crippen molar-refractivity contribution in [1.29, 1.82) is 0 Å². The summed E-state index contributed by atoms with van der Waals surface area (Å²) in [7, 11) is 0. The zero-order chi connectivity index (χ0) is 25.7. The van der Waals surface area contributed by atoms with Crippen LogP contribution < -0.4 is 15.4 Å². The lowest BCUT2D eigenvalue weighted by Crippen LogP contribution is -2.41. The van der Waals surface area contributed by atoms with Crippen LogP contribution in [0.4, 0.5) is 13.2 Å². The molecule has 0 radical (unpaired) electrons. The van der Waals surface area contributed by atoms with Crippen molar-refractivity contribution in [3.05, 3.63) is 58.4 Å². The Labute approximate surface area is 210 Å². The first-order valence-electron chi connectivity index (χ1n) is 11.5. The lowest BCUT2D eigenvalue weighted by atomic mass is 10.1. The third-order valence-corrected chi connectivity index (χ3v) is 6.72. The van der Waals surface area contributed by atoms with Crippen molar-refractivity contribution in [2.45, 2.75) is 38.6 Å². The highest BCUT2D eigenvalue weighted by molar-refractivity contribution is 7.15. The van der Waals surface area contributed by atoms with Gasteiger partial charge in [0.1, 0.15) is 23.5 Å². The summed E-state index contributed by atoms with van der Waals surface area (Å²) in [6, 6.07) is 6.53. The number of halogens is 3. The summed E-state index contributed by atoms with van der Waals surface area (Å²) < 4.78 is 50.0. The molecule has 1 aliphatic rings. The largest absolute Gasteiger partial charge is 0.491 e. The number of ether oxygens (including phenoxy) is 2. The van der Waals surface area contributed by atoms with Crippen LogP contribution in [0.25, 0.3) is 10.6 Å². The van der Waals surface area contributed by atoms with Crippen LogP contribution in [0.2, 0.25) is 0 Å². The minimum Gasteiger partial charge on any atom is -0.491 e. The Kier molecular flexibility index (Phi) is 8.17. The number of aryl methyl sites for hydroxylation is 1. The number of hydrogen-bond donors (Lipinski definition) is 2. The maximum atomic E-state index is 13.1. The number of nitrogens with one attached hydrogen (secondary N) is 2. The molecule has 8 nitrogen and oxygen atoms in total. The minimum absolute atomic E-state index is 0.107. The Bertz CT molecular complexity index is 1180. The van der Waals surface area contributed by atoms with E-state index in [0.29, 0.717) is 31.1 Å². The number of carbonyl (C=O) groups is 1. The molecule has 0 bridgehead atoms. The van der Waals surface area contributed by atoms with Crippen LogP contribution in [0, 0.1) is 0 Å². The highest BCUT2D eigenvalue weighted by atomic mass is 32.1. The van der Waals surface area contributed by atoms with Crippen LogP contribution in [0.15, 0.2) is 36.5 Å². The number of rotatable bonds is 8. The van der Waals surface area contributed by atoms with E-state index < -0.39 is 23.8 Å². The van der Waals surface area contributed by atoms with Gasteiger partial charge in [0.15, 0.2) is 5.69 Å². The Balaban J connectivity index is 1.53. The van der Waals surface area contributed by atoms with Crippen LogP contribution >= 0.6 is 11.3 Å².